The third-order valence-corrected chi connectivity index (χ3v) is 8.98. The molecule has 1 aromatic heterocycles. The van der Waals surface area contributed by atoms with Crippen LogP contribution in [-0.2, 0) is 14.3 Å². The molecule has 6 nitrogen and oxygen atoms in total. The van der Waals surface area contributed by atoms with Gasteiger partial charge in [0.25, 0.3) is 5.91 Å². The number of ether oxygens (including phenoxy) is 2. The van der Waals surface area contributed by atoms with Crippen LogP contribution in [0.2, 0.25) is 5.15 Å². The molecule has 41 heavy (non-hydrogen) atoms. The number of rotatable bonds is 6. The zero-order valence-electron chi connectivity index (χ0n) is 23.4. The molecule has 6 rings (SSSR count). The summed E-state index contributed by atoms with van der Waals surface area (Å²) in [5.74, 6) is -0.649. The summed E-state index contributed by atoms with van der Waals surface area (Å²) in [5, 5.41) is 4.14. The predicted octanol–water partition coefficient (Wildman–Crippen LogP) is 8.11. The van der Waals surface area contributed by atoms with Crippen molar-refractivity contribution in [3.05, 3.63) is 74.1 Å². The molecule has 1 amide bonds. The highest BCUT2D eigenvalue weighted by Crippen LogP contribution is 2.55. The first-order chi connectivity index (χ1) is 19.2. The Morgan fingerprint density at radius 3 is 2.54 bits per heavy atom. The molecule has 0 saturated heterocycles. The maximum absolute atomic E-state index is 14.2. The second kappa shape index (κ2) is 10.8. The van der Waals surface area contributed by atoms with E-state index in [1.165, 1.54) is 0 Å². The second-order valence-electron chi connectivity index (χ2n) is 12.0. The van der Waals surface area contributed by atoms with Crippen LogP contribution in [0.25, 0.3) is 10.9 Å². The molecule has 1 N–H and O–H groups in total. The Morgan fingerprint density at radius 2 is 1.88 bits per heavy atom. The minimum absolute atomic E-state index is 0.0514. The number of halogens is 4. The molecule has 0 radical (unpaired) electrons. The van der Waals surface area contributed by atoms with Crippen molar-refractivity contribution < 1.29 is 27.8 Å². The van der Waals surface area contributed by atoms with Crippen molar-refractivity contribution >= 4 is 50.3 Å². The van der Waals surface area contributed by atoms with E-state index in [2.05, 4.69) is 26.2 Å². The maximum Gasteiger partial charge on any atom is 0.387 e. The number of nitrogens with one attached hydrogen (secondary N) is 1. The molecule has 0 aliphatic heterocycles. The van der Waals surface area contributed by atoms with Gasteiger partial charge in [-0.05, 0) is 107 Å². The number of hydrogen-bond donors (Lipinski definition) is 1. The maximum atomic E-state index is 14.2. The fourth-order valence-corrected chi connectivity index (χ4v) is 6.70. The molecule has 1 fully saturated rings. The number of esters is 1. The second-order valence-corrected chi connectivity index (χ2v) is 13.3. The van der Waals surface area contributed by atoms with E-state index in [4.69, 9.17) is 21.1 Å². The van der Waals surface area contributed by atoms with Gasteiger partial charge in [0.05, 0.1) is 22.0 Å². The summed E-state index contributed by atoms with van der Waals surface area (Å²) in [4.78, 5) is 32.1. The summed E-state index contributed by atoms with van der Waals surface area (Å²) in [6, 6.07) is 5.44. The quantitative estimate of drug-likeness (QED) is 0.253. The number of amides is 1. The van der Waals surface area contributed by atoms with Gasteiger partial charge in [-0.15, -0.1) is 0 Å². The number of benzene rings is 1. The SMILES string of the molecule is Cc1c(Cl)nc2ccc(Br)cc2c1C(=O)NC12CCC(C(=O)OC(C)(C)C)(C=C1C1=C(OC(F)F)C=CCC1)CC2. The van der Waals surface area contributed by atoms with Gasteiger partial charge in [0.1, 0.15) is 16.5 Å². The molecular weight excluding hydrogens is 618 g/mol. The first-order valence-corrected chi connectivity index (χ1v) is 14.8. The summed E-state index contributed by atoms with van der Waals surface area (Å²) in [5.41, 5.74) is 0.190. The van der Waals surface area contributed by atoms with Crippen molar-refractivity contribution in [2.75, 3.05) is 0 Å². The van der Waals surface area contributed by atoms with Gasteiger partial charge in [-0.3, -0.25) is 9.59 Å². The molecule has 1 saturated carbocycles. The molecule has 1 aromatic carbocycles. The molecular formula is C31H32BrClF2N2O4. The van der Waals surface area contributed by atoms with Crippen molar-refractivity contribution in [3.63, 3.8) is 0 Å². The number of hydrogen-bond acceptors (Lipinski definition) is 5. The van der Waals surface area contributed by atoms with Crippen LogP contribution < -0.4 is 5.32 Å². The minimum Gasteiger partial charge on any atom is -0.459 e. The van der Waals surface area contributed by atoms with Crippen molar-refractivity contribution in [2.45, 2.75) is 84.0 Å². The van der Waals surface area contributed by atoms with Gasteiger partial charge in [0, 0.05) is 9.86 Å². The Kier molecular flexibility index (Phi) is 7.83. The van der Waals surface area contributed by atoms with Crippen LogP contribution in [0.5, 0.6) is 0 Å². The Morgan fingerprint density at radius 1 is 1.17 bits per heavy atom. The number of carbonyl (C=O) groups excluding carboxylic acids is 2. The first-order valence-electron chi connectivity index (χ1n) is 13.6. The smallest absolute Gasteiger partial charge is 0.387 e. The highest BCUT2D eigenvalue weighted by molar-refractivity contribution is 9.10. The Labute approximate surface area is 251 Å². The van der Waals surface area contributed by atoms with E-state index in [9.17, 15) is 18.4 Å². The lowest BCUT2D eigenvalue weighted by Gasteiger charge is -2.52. The van der Waals surface area contributed by atoms with Crippen molar-refractivity contribution in [1.82, 2.24) is 10.3 Å². The molecule has 4 aliphatic carbocycles. The number of aromatic nitrogens is 1. The number of pyridine rings is 1. The van der Waals surface area contributed by atoms with E-state index < -0.39 is 23.2 Å². The van der Waals surface area contributed by atoms with E-state index >= 15 is 0 Å². The summed E-state index contributed by atoms with van der Waals surface area (Å²) in [6.07, 6.45) is 7.97. The third-order valence-electron chi connectivity index (χ3n) is 8.12. The topological polar surface area (TPSA) is 77.5 Å². The van der Waals surface area contributed by atoms with Gasteiger partial charge in [0.2, 0.25) is 0 Å². The monoisotopic (exact) mass is 648 g/mol. The van der Waals surface area contributed by atoms with E-state index in [-0.39, 0.29) is 22.8 Å². The van der Waals surface area contributed by atoms with E-state index in [0.717, 1.165) is 4.47 Å². The van der Waals surface area contributed by atoms with Gasteiger partial charge >= 0.3 is 12.6 Å². The van der Waals surface area contributed by atoms with Crippen LogP contribution in [-0.4, -0.2) is 34.6 Å². The summed E-state index contributed by atoms with van der Waals surface area (Å²) in [6.45, 7) is 4.18. The lowest BCUT2D eigenvalue weighted by molar-refractivity contribution is -0.167. The average molecular weight is 650 g/mol. The van der Waals surface area contributed by atoms with Gasteiger partial charge in [0.15, 0.2) is 0 Å². The van der Waals surface area contributed by atoms with Crippen LogP contribution in [0.1, 0.15) is 75.2 Å². The van der Waals surface area contributed by atoms with Crippen LogP contribution >= 0.6 is 27.5 Å². The fourth-order valence-electron chi connectivity index (χ4n) is 6.15. The first kappa shape index (κ1) is 29.7. The largest absolute Gasteiger partial charge is 0.459 e. The molecule has 1 heterocycles. The van der Waals surface area contributed by atoms with Crippen molar-refractivity contribution in [2.24, 2.45) is 5.41 Å². The normalized spacial score (nSPS) is 24.1. The molecule has 4 aliphatic rings. The Bertz CT molecular complexity index is 1520. The van der Waals surface area contributed by atoms with Crippen molar-refractivity contribution in [1.29, 1.82) is 0 Å². The highest BCUT2D eigenvalue weighted by Gasteiger charge is 2.55. The molecule has 0 atom stereocenters. The zero-order valence-corrected chi connectivity index (χ0v) is 25.7. The van der Waals surface area contributed by atoms with Crippen LogP contribution in [0.4, 0.5) is 8.78 Å². The summed E-state index contributed by atoms with van der Waals surface area (Å²) < 4.78 is 38.4. The third kappa shape index (κ3) is 5.67. The number of fused-ring (bicyclic) bond motifs is 3. The lowest BCUT2D eigenvalue weighted by Crippen LogP contribution is -2.59. The zero-order chi connectivity index (χ0) is 29.7. The van der Waals surface area contributed by atoms with Gasteiger partial charge in [-0.25, -0.2) is 4.98 Å². The molecule has 2 aromatic rings. The number of nitrogens with zero attached hydrogens (tertiary/aromatic N) is 1. The summed E-state index contributed by atoms with van der Waals surface area (Å²) >= 11 is 9.93. The standard InChI is InChI=1S/C31H32BrClF2N2O4/c1-17-24(20-15-18(32)9-10-22(20)36-25(17)33)26(38)37-31-13-11-30(12-14-31,27(39)41-29(2,3)4)16-21(31)19-7-5-6-8-23(19)40-28(34)35/h6,8-10,15-16,28H,5,7,11-14H2,1-4H3,(H,37,38). The van der Waals surface area contributed by atoms with Crippen LogP contribution in [0.15, 0.2) is 57.8 Å². The number of alkyl halides is 2. The molecule has 10 heteroatoms. The molecule has 0 spiro atoms. The van der Waals surface area contributed by atoms with E-state index in [0.29, 0.717) is 71.7 Å². The predicted molar refractivity (Wildman–Crippen MR) is 157 cm³/mol. The Balaban J connectivity index is 1.63. The number of carbonyl (C=O) groups is 2. The van der Waals surface area contributed by atoms with Crippen LogP contribution in [0.3, 0.4) is 0 Å². The number of allylic oxidation sites excluding steroid dienone is 2. The highest BCUT2D eigenvalue weighted by atomic mass is 79.9. The summed E-state index contributed by atoms with van der Waals surface area (Å²) in [7, 11) is 0. The van der Waals surface area contributed by atoms with Gasteiger partial charge in [-0.1, -0.05) is 39.7 Å². The van der Waals surface area contributed by atoms with E-state index in [1.54, 1.807) is 25.1 Å². The van der Waals surface area contributed by atoms with Gasteiger partial charge in [-0.2, -0.15) is 8.78 Å². The molecule has 0 unspecified atom stereocenters. The lowest BCUT2D eigenvalue weighted by atomic mass is 9.56. The van der Waals surface area contributed by atoms with Gasteiger partial charge < -0.3 is 14.8 Å². The fraction of sp³-hybridized carbons (Fsp3) is 0.452. The average Bonchev–Trinajstić information content (AvgIpc) is 2.89. The van der Waals surface area contributed by atoms with Crippen molar-refractivity contribution in [3.8, 4) is 0 Å². The molecule has 2 bridgehead atoms. The van der Waals surface area contributed by atoms with Crippen LogP contribution in [0, 0.1) is 12.3 Å². The minimum atomic E-state index is -3.01. The molecule has 218 valence electrons. The Hall–Kier alpha value is -2.78. The van der Waals surface area contributed by atoms with E-state index in [1.807, 2.05) is 39.0 Å².